The second kappa shape index (κ2) is 9.39. The van der Waals surface area contributed by atoms with Crippen LogP contribution in [0.4, 0.5) is 11.4 Å². The molecule has 0 spiro atoms. The lowest BCUT2D eigenvalue weighted by Crippen LogP contribution is -2.29. The summed E-state index contributed by atoms with van der Waals surface area (Å²) in [4.78, 5) is 23.4. The zero-order chi connectivity index (χ0) is 20.8. The first-order chi connectivity index (χ1) is 14.7. The standard InChI is InChI=1S/C22H26N6O2/c1-30-20-8-5-17(6-9-20)7-10-21(29)26-18-13-25-28(16-18)22-23-14-19(15-24-22)27-11-3-2-4-12-27/h5-6,8-9,13-16H,2-4,7,10-12H2,1H3,(H,26,29). The van der Waals surface area contributed by atoms with Gasteiger partial charge in [-0.2, -0.15) is 5.10 Å². The number of benzene rings is 1. The highest BCUT2D eigenvalue weighted by atomic mass is 16.5. The number of carbonyl (C=O) groups is 1. The first-order valence-electron chi connectivity index (χ1n) is 10.3. The number of hydrogen-bond acceptors (Lipinski definition) is 6. The van der Waals surface area contributed by atoms with E-state index in [1.54, 1.807) is 24.2 Å². The van der Waals surface area contributed by atoms with E-state index in [0.29, 0.717) is 24.5 Å². The highest BCUT2D eigenvalue weighted by Gasteiger charge is 2.13. The van der Waals surface area contributed by atoms with Gasteiger partial charge in [0.2, 0.25) is 5.91 Å². The molecule has 3 aromatic rings. The van der Waals surface area contributed by atoms with Gasteiger partial charge in [-0.15, -0.1) is 0 Å². The molecule has 1 aromatic carbocycles. The Morgan fingerprint density at radius 1 is 1.07 bits per heavy atom. The molecule has 3 heterocycles. The maximum Gasteiger partial charge on any atom is 0.250 e. The van der Waals surface area contributed by atoms with E-state index in [-0.39, 0.29) is 5.91 Å². The van der Waals surface area contributed by atoms with Gasteiger partial charge in [-0.1, -0.05) is 12.1 Å². The molecular formula is C22H26N6O2. The van der Waals surface area contributed by atoms with Crippen LogP contribution in [0.25, 0.3) is 5.95 Å². The fourth-order valence-corrected chi connectivity index (χ4v) is 3.52. The molecule has 1 saturated heterocycles. The number of hydrogen-bond donors (Lipinski definition) is 1. The van der Waals surface area contributed by atoms with Gasteiger partial charge in [-0.3, -0.25) is 4.79 Å². The van der Waals surface area contributed by atoms with Crippen LogP contribution in [0.3, 0.4) is 0 Å². The van der Waals surface area contributed by atoms with Gasteiger partial charge in [0.25, 0.3) is 5.95 Å². The fourth-order valence-electron chi connectivity index (χ4n) is 3.52. The van der Waals surface area contributed by atoms with Gasteiger partial charge in [0.1, 0.15) is 5.75 Å². The lowest BCUT2D eigenvalue weighted by Gasteiger charge is -2.28. The van der Waals surface area contributed by atoms with E-state index < -0.39 is 0 Å². The summed E-state index contributed by atoms with van der Waals surface area (Å²) in [5, 5.41) is 7.15. The summed E-state index contributed by atoms with van der Waals surface area (Å²) in [5.41, 5.74) is 2.75. The summed E-state index contributed by atoms with van der Waals surface area (Å²) >= 11 is 0. The maximum absolute atomic E-state index is 12.3. The Morgan fingerprint density at radius 3 is 2.50 bits per heavy atom. The van der Waals surface area contributed by atoms with Crippen LogP contribution in [0.2, 0.25) is 0 Å². The third-order valence-corrected chi connectivity index (χ3v) is 5.22. The van der Waals surface area contributed by atoms with E-state index in [1.807, 2.05) is 36.7 Å². The molecule has 1 fully saturated rings. The molecule has 0 bridgehead atoms. The number of nitrogens with zero attached hydrogens (tertiary/aromatic N) is 5. The zero-order valence-electron chi connectivity index (χ0n) is 17.1. The van der Waals surface area contributed by atoms with Crippen molar-refractivity contribution in [3.05, 3.63) is 54.6 Å². The number of aromatic nitrogens is 4. The molecule has 0 aliphatic carbocycles. The monoisotopic (exact) mass is 406 g/mol. The molecule has 30 heavy (non-hydrogen) atoms. The third kappa shape index (κ3) is 4.94. The Labute approximate surface area is 175 Å². The summed E-state index contributed by atoms with van der Waals surface area (Å²) in [5.74, 6) is 1.23. The molecule has 8 nitrogen and oxygen atoms in total. The van der Waals surface area contributed by atoms with Gasteiger partial charge >= 0.3 is 0 Å². The van der Waals surface area contributed by atoms with Crippen LogP contribution in [0.5, 0.6) is 5.75 Å². The average molecular weight is 406 g/mol. The number of piperidine rings is 1. The van der Waals surface area contributed by atoms with Gasteiger partial charge in [0.15, 0.2) is 0 Å². The number of carbonyl (C=O) groups excluding carboxylic acids is 1. The minimum atomic E-state index is -0.0632. The Hall–Kier alpha value is -3.42. The van der Waals surface area contributed by atoms with Crippen molar-refractivity contribution in [1.82, 2.24) is 19.7 Å². The summed E-state index contributed by atoms with van der Waals surface area (Å²) in [7, 11) is 1.64. The van der Waals surface area contributed by atoms with Gasteiger partial charge < -0.3 is 15.0 Å². The van der Waals surface area contributed by atoms with Gasteiger partial charge in [-0.25, -0.2) is 14.6 Å². The van der Waals surface area contributed by atoms with E-state index in [9.17, 15) is 4.79 Å². The highest BCUT2D eigenvalue weighted by molar-refractivity contribution is 5.90. The second-order valence-corrected chi connectivity index (χ2v) is 7.36. The summed E-state index contributed by atoms with van der Waals surface area (Å²) in [6.07, 6.45) is 11.8. The largest absolute Gasteiger partial charge is 0.497 e. The topological polar surface area (TPSA) is 85.2 Å². The molecule has 1 N–H and O–H groups in total. The van der Waals surface area contributed by atoms with E-state index in [4.69, 9.17) is 4.74 Å². The summed E-state index contributed by atoms with van der Waals surface area (Å²) < 4.78 is 6.72. The van der Waals surface area contributed by atoms with Crippen molar-refractivity contribution in [2.24, 2.45) is 0 Å². The van der Waals surface area contributed by atoms with E-state index in [0.717, 1.165) is 30.1 Å². The smallest absolute Gasteiger partial charge is 0.250 e. The number of anilines is 2. The molecule has 0 unspecified atom stereocenters. The molecule has 1 amide bonds. The molecule has 156 valence electrons. The normalized spacial score (nSPS) is 13.8. The molecule has 1 aliphatic heterocycles. The van der Waals surface area contributed by atoms with Crippen LogP contribution in [-0.2, 0) is 11.2 Å². The summed E-state index contributed by atoms with van der Waals surface area (Å²) in [6, 6.07) is 7.73. The van der Waals surface area contributed by atoms with E-state index in [2.05, 4.69) is 25.3 Å². The fraction of sp³-hybridized carbons (Fsp3) is 0.364. The lowest BCUT2D eigenvalue weighted by molar-refractivity contribution is -0.116. The molecular weight excluding hydrogens is 380 g/mol. The van der Waals surface area contributed by atoms with Crippen molar-refractivity contribution in [3.63, 3.8) is 0 Å². The van der Waals surface area contributed by atoms with Crippen LogP contribution in [0.15, 0.2) is 49.1 Å². The van der Waals surface area contributed by atoms with E-state index >= 15 is 0 Å². The van der Waals surface area contributed by atoms with Crippen LogP contribution in [0, 0.1) is 0 Å². The number of rotatable bonds is 7. The first kappa shape index (κ1) is 19.9. The Morgan fingerprint density at radius 2 is 1.80 bits per heavy atom. The Balaban J connectivity index is 1.31. The van der Waals surface area contributed by atoms with Crippen molar-refractivity contribution in [2.45, 2.75) is 32.1 Å². The molecule has 4 rings (SSSR count). The molecule has 0 radical (unpaired) electrons. The quantitative estimate of drug-likeness (QED) is 0.648. The molecule has 0 atom stereocenters. The minimum Gasteiger partial charge on any atom is -0.497 e. The van der Waals surface area contributed by atoms with Crippen molar-refractivity contribution in [1.29, 1.82) is 0 Å². The number of aryl methyl sites for hydroxylation is 1. The zero-order valence-corrected chi connectivity index (χ0v) is 17.1. The van der Waals surface area contributed by atoms with Crippen molar-refractivity contribution in [3.8, 4) is 11.7 Å². The van der Waals surface area contributed by atoms with Crippen molar-refractivity contribution in [2.75, 3.05) is 30.4 Å². The minimum absolute atomic E-state index is 0.0632. The Bertz CT molecular complexity index is 962. The third-order valence-electron chi connectivity index (χ3n) is 5.22. The Kier molecular flexibility index (Phi) is 6.22. The number of methoxy groups -OCH3 is 1. The molecule has 1 aliphatic rings. The molecule has 0 saturated carbocycles. The van der Waals surface area contributed by atoms with Crippen LogP contribution in [-0.4, -0.2) is 45.9 Å². The maximum atomic E-state index is 12.3. The van der Waals surface area contributed by atoms with Gasteiger partial charge in [0, 0.05) is 19.5 Å². The SMILES string of the molecule is COc1ccc(CCC(=O)Nc2cnn(-c3ncc(N4CCCCC4)cn3)c2)cc1. The highest BCUT2D eigenvalue weighted by Crippen LogP contribution is 2.19. The first-order valence-corrected chi connectivity index (χ1v) is 10.3. The lowest BCUT2D eigenvalue weighted by atomic mass is 10.1. The van der Waals surface area contributed by atoms with Gasteiger partial charge in [-0.05, 0) is 43.4 Å². The van der Waals surface area contributed by atoms with Gasteiger partial charge in [0.05, 0.1) is 43.3 Å². The van der Waals surface area contributed by atoms with Crippen LogP contribution < -0.4 is 15.0 Å². The number of amides is 1. The molecule has 2 aromatic heterocycles. The van der Waals surface area contributed by atoms with Crippen LogP contribution in [0.1, 0.15) is 31.2 Å². The predicted octanol–water partition coefficient (Wildman–Crippen LogP) is 3.23. The second-order valence-electron chi connectivity index (χ2n) is 7.36. The van der Waals surface area contributed by atoms with Crippen molar-refractivity contribution < 1.29 is 9.53 Å². The average Bonchev–Trinajstić information content (AvgIpc) is 3.27. The predicted molar refractivity (Wildman–Crippen MR) is 115 cm³/mol. The van der Waals surface area contributed by atoms with Crippen LogP contribution >= 0.6 is 0 Å². The molecule has 8 heteroatoms. The number of ether oxygens (including phenoxy) is 1. The summed E-state index contributed by atoms with van der Waals surface area (Å²) in [6.45, 7) is 2.11. The number of nitrogens with one attached hydrogen (secondary N) is 1. The van der Waals surface area contributed by atoms with Crippen molar-refractivity contribution >= 4 is 17.3 Å². The van der Waals surface area contributed by atoms with E-state index in [1.165, 1.54) is 19.3 Å².